The van der Waals surface area contributed by atoms with Crippen molar-refractivity contribution in [3.05, 3.63) is 52.5 Å². The number of unbranched alkanes of at least 4 members (excludes halogenated alkanes) is 2. The van der Waals surface area contributed by atoms with Crippen molar-refractivity contribution < 1.29 is 19.4 Å². The Morgan fingerprint density at radius 2 is 2.03 bits per heavy atom. The number of nitrogens with zero attached hydrogens (tertiary/aromatic N) is 2. The average Bonchev–Trinajstić information content (AvgIpc) is 2.87. The molecule has 0 bridgehead atoms. The number of aryl methyl sites for hydroxylation is 3. The third kappa shape index (κ3) is 6.31. The predicted octanol–water partition coefficient (Wildman–Crippen LogP) is 5.14. The van der Waals surface area contributed by atoms with Crippen molar-refractivity contribution in [2.75, 3.05) is 31.5 Å². The predicted molar refractivity (Wildman–Crippen MR) is 136 cm³/mol. The number of carbonyl (C=O) groups is 1. The van der Waals surface area contributed by atoms with E-state index in [2.05, 4.69) is 22.3 Å². The molecule has 3 N–H and O–H groups in total. The number of nitrogens with one attached hydrogen (secondary N) is 1. The Bertz CT molecular complexity index is 1020. The Balaban J connectivity index is 1.22. The summed E-state index contributed by atoms with van der Waals surface area (Å²) < 4.78 is 14.2. The topological polar surface area (TPSA) is 85.7 Å². The summed E-state index contributed by atoms with van der Waals surface area (Å²) >= 11 is 0. The number of aromatic nitrogens is 1. The normalized spacial score (nSPS) is 17.5. The molecule has 0 saturated carbocycles. The molecule has 1 aromatic heterocycles. The first-order valence-corrected chi connectivity index (χ1v) is 13.2. The van der Waals surface area contributed by atoms with Gasteiger partial charge in [-0.15, -0.1) is 0 Å². The van der Waals surface area contributed by atoms with Gasteiger partial charge in [0, 0.05) is 17.8 Å². The summed E-state index contributed by atoms with van der Waals surface area (Å²) in [5, 5.41) is 23.6. The lowest BCUT2D eigenvalue weighted by molar-refractivity contribution is -0.140. The molecule has 2 aromatic rings. The van der Waals surface area contributed by atoms with E-state index in [9.17, 15) is 19.4 Å². The lowest BCUT2D eigenvalue weighted by Crippen LogP contribution is -2.37. The molecule has 3 heterocycles. The van der Waals surface area contributed by atoms with Crippen LogP contribution in [-0.4, -0.2) is 52.2 Å². The van der Waals surface area contributed by atoms with Gasteiger partial charge in [0.1, 0.15) is 5.82 Å². The summed E-state index contributed by atoms with van der Waals surface area (Å²) in [6, 6.07) is 7.33. The van der Waals surface area contributed by atoms with Crippen LogP contribution in [0.2, 0.25) is 0 Å². The van der Waals surface area contributed by atoms with Crippen LogP contribution in [0.25, 0.3) is 0 Å². The second-order valence-corrected chi connectivity index (χ2v) is 10.0. The van der Waals surface area contributed by atoms with Crippen LogP contribution in [0.3, 0.4) is 0 Å². The largest absolute Gasteiger partial charge is 0.505 e. The van der Waals surface area contributed by atoms with Gasteiger partial charge in [-0.1, -0.05) is 25.5 Å². The van der Waals surface area contributed by atoms with Crippen LogP contribution in [0.1, 0.15) is 73.8 Å². The highest BCUT2D eigenvalue weighted by Gasteiger charge is 2.35. The fraction of sp³-hybridized carbons (Fsp3) is 0.571. The number of benzene rings is 1. The van der Waals surface area contributed by atoms with Gasteiger partial charge in [-0.2, -0.15) is 0 Å². The molecule has 6 nitrogen and oxygen atoms in total. The van der Waals surface area contributed by atoms with Crippen molar-refractivity contribution in [3.63, 3.8) is 0 Å². The Morgan fingerprint density at radius 1 is 1.23 bits per heavy atom. The van der Waals surface area contributed by atoms with Crippen molar-refractivity contribution in [2.24, 2.45) is 5.92 Å². The van der Waals surface area contributed by atoms with Crippen molar-refractivity contribution in [1.29, 1.82) is 0 Å². The fourth-order valence-corrected chi connectivity index (χ4v) is 5.54. The molecule has 0 radical (unpaired) electrons. The number of piperidine rings is 1. The number of aromatic hydroxyl groups is 1. The van der Waals surface area contributed by atoms with Gasteiger partial charge < -0.3 is 20.4 Å². The highest BCUT2D eigenvalue weighted by Crippen LogP contribution is 2.39. The van der Waals surface area contributed by atoms with Crippen molar-refractivity contribution in [1.82, 2.24) is 9.88 Å². The van der Waals surface area contributed by atoms with Crippen LogP contribution in [0.5, 0.6) is 5.75 Å². The number of phenols is 1. The van der Waals surface area contributed by atoms with Crippen LogP contribution in [0.4, 0.5) is 10.2 Å². The number of carboxylic acid groups (broad SMARTS) is 1. The van der Waals surface area contributed by atoms with Crippen molar-refractivity contribution in [2.45, 2.75) is 70.6 Å². The van der Waals surface area contributed by atoms with Gasteiger partial charge in [-0.05, 0) is 100 Å². The summed E-state index contributed by atoms with van der Waals surface area (Å²) in [7, 11) is 0. The zero-order valence-corrected chi connectivity index (χ0v) is 20.7. The van der Waals surface area contributed by atoms with Gasteiger partial charge in [0.05, 0.1) is 5.92 Å². The van der Waals surface area contributed by atoms with E-state index in [1.54, 1.807) is 6.07 Å². The molecule has 0 spiro atoms. The minimum atomic E-state index is -0.989. The summed E-state index contributed by atoms with van der Waals surface area (Å²) in [4.78, 5) is 19.3. The van der Waals surface area contributed by atoms with E-state index in [4.69, 9.17) is 4.98 Å². The van der Waals surface area contributed by atoms with Gasteiger partial charge in [-0.25, -0.2) is 9.37 Å². The van der Waals surface area contributed by atoms with E-state index in [-0.39, 0.29) is 11.5 Å². The van der Waals surface area contributed by atoms with E-state index in [1.807, 2.05) is 6.92 Å². The van der Waals surface area contributed by atoms with Gasteiger partial charge in [-0.3, -0.25) is 4.79 Å². The Hall–Kier alpha value is -2.67. The van der Waals surface area contributed by atoms with Gasteiger partial charge in [0.25, 0.3) is 0 Å². The minimum absolute atomic E-state index is 0.107. The number of carboxylic acids is 1. The quantitative estimate of drug-likeness (QED) is 0.406. The molecule has 2 aliphatic heterocycles. The SMILES string of the molecule is CCc1cc(F)c(O)c([C@@H](C(=O)O)C2CCN(CCCCCc3ccc4c(n3)NCCC4)CC2)c1. The van der Waals surface area contributed by atoms with E-state index in [0.29, 0.717) is 12.0 Å². The number of halogens is 1. The standard InChI is InChI=1S/C28H38FN3O3/c1-2-19-17-23(26(33)24(29)18-19)25(28(34)35)20-11-15-32(16-12-20)14-5-3-4-8-22-10-9-21-7-6-13-30-27(21)31-22/h9-10,17-18,20,25,33H,2-8,11-16H2,1H3,(H,30,31)(H,34,35)/t25-/m0/s1. The summed E-state index contributed by atoms with van der Waals surface area (Å²) in [6.45, 7) is 5.59. The maximum Gasteiger partial charge on any atom is 0.311 e. The molecule has 190 valence electrons. The molecule has 0 unspecified atom stereocenters. The van der Waals surface area contributed by atoms with Crippen molar-refractivity contribution in [3.8, 4) is 5.75 Å². The average molecular weight is 484 g/mol. The lowest BCUT2D eigenvalue weighted by Gasteiger charge is -2.35. The first-order chi connectivity index (χ1) is 17.0. The van der Waals surface area contributed by atoms with Gasteiger partial charge in [0.2, 0.25) is 0 Å². The first-order valence-electron chi connectivity index (χ1n) is 13.2. The molecule has 0 amide bonds. The highest BCUT2D eigenvalue weighted by molar-refractivity contribution is 5.78. The first kappa shape index (κ1) is 25.4. The maximum absolute atomic E-state index is 14.2. The number of rotatable bonds is 10. The van der Waals surface area contributed by atoms with Gasteiger partial charge in [0.15, 0.2) is 11.6 Å². The Labute approximate surface area is 207 Å². The Morgan fingerprint density at radius 3 is 2.77 bits per heavy atom. The van der Waals surface area contributed by atoms with E-state index < -0.39 is 23.5 Å². The molecule has 1 aromatic carbocycles. The van der Waals surface area contributed by atoms with Crippen LogP contribution in [0.15, 0.2) is 24.3 Å². The van der Waals surface area contributed by atoms with Crippen LogP contribution < -0.4 is 5.32 Å². The van der Waals surface area contributed by atoms with E-state index in [0.717, 1.165) is 82.6 Å². The summed E-state index contributed by atoms with van der Waals surface area (Å²) in [5.74, 6) is -2.15. The molecule has 7 heteroatoms. The molecule has 4 rings (SSSR count). The third-order valence-electron chi connectivity index (χ3n) is 7.62. The van der Waals surface area contributed by atoms with Crippen LogP contribution in [-0.2, 0) is 24.1 Å². The molecular weight excluding hydrogens is 445 g/mol. The smallest absolute Gasteiger partial charge is 0.311 e. The van der Waals surface area contributed by atoms with Crippen LogP contribution >= 0.6 is 0 Å². The van der Waals surface area contributed by atoms with E-state index in [1.165, 1.54) is 18.1 Å². The fourth-order valence-electron chi connectivity index (χ4n) is 5.54. The van der Waals surface area contributed by atoms with Gasteiger partial charge >= 0.3 is 5.97 Å². The number of hydrogen-bond donors (Lipinski definition) is 3. The number of likely N-dealkylation sites (tertiary alicyclic amines) is 1. The molecule has 1 fully saturated rings. The Kier molecular flexibility index (Phi) is 8.60. The van der Waals surface area contributed by atoms with Crippen molar-refractivity contribution >= 4 is 11.8 Å². The molecule has 2 aliphatic rings. The number of aliphatic carboxylic acids is 1. The number of fused-ring (bicyclic) bond motifs is 1. The summed E-state index contributed by atoms with van der Waals surface area (Å²) in [5.41, 5.74) is 3.41. The highest BCUT2D eigenvalue weighted by atomic mass is 19.1. The monoisotopic (exact) mass is 483 g/mol. The summed E-state index contributed by atoms with van der Waals surface area (Å²) in [6.07, 6.45) is 8.71. The number of hydrogen-bond acceptors (Lipinski definition) is 5. The molecule has 1 saturated heterocycles. The zero-order chi connectivity index (χ0) is 24.8. The maximum atomic E-state index is 14.2. The number of phenolic OH excluding ortho intramolecular Hbond substituents is 1. The molecule has 1 atom stereocenters. The minimum Gasteiger partial charge on any atom is -0.505 e. The molecular formula is C28H38FN3O3. The lowest BCUT2D eigenvalue weighted by atomic mass is 9.79. The second-order valence-electron chi connectivity index (χ2n) is 10.0. The zero-order valence-electron chi connectivity index (χ0n) is 20.7. The van der Waals surface area contributed by atoms with Crippen LogP contribution in [0, 0.1) is 11.7 Å². The number of pyridine rings is 1. The third-order valence-corrected chi connectivity index (χ3v) is 7.62. The number of anilines is 1. The van der Waals surface area contributed by atoms with E-state index >= 15 is 0 Å². The second kappa shape index (κ2) is 11.8. The molecule has 35 heavy (non-hydrogen) atoms. The molecule has 0 aliphatic carbocycles.